The maximum Gasteiger partial charge on any atom is 0.187 e. The molecule has 21 heteroatoms. The van der Waals surface area contributed by atoms with Crippen molar-refractivity contribution in [2.24, 2.45) is 5.73 Å². The van der Waals surface area contributed by atoms with Crippen molar-refractivity contribution < 1.29 is 99.2 Å². The van der Waals surface area contributed by atoms with E-state index in [1.54, 1.807) is 0 Å². The fourth-order valence-corrected chi connectivity index (χ4v) is 6.06. The number of aliphatic hydroxyl groups is 12. The molecule has 4 rings (SSSR count). The second-order valence-corrected chi connectivity index (χ2v) is 12.4. The van der Waals surface area contributed by atoms with Crippen molar-refractivity contribution in [3.8, 4) is 0 Å². The molecule has 0 saturated carbocycles. The topological polar surface area (TPSA) is 343 Å². The van der Waals surface area contributed by atoms with Crippen LogP contribution in [-0.2, 0) is 37.9 Å². The standard InChI is InChI=1S/C28H51NO20/c1-2-3-4-42-26-20(40)18(38)22(12(8-33)46-26)47-28-21(41)24(16(36)11(7-32)45-28)49-25-13(29)23(15(35)10(6-31)43-25)48-27-19(39)17(37)14(34)9(5-30)44-27/h9-28,30-41H,2-8,29H2,1H3/t9?,10?,11?,12?,13?,14-,15+,16-,17?,18?,19?,20?,21?,22+,23?,24?,25-,26+,27-,28-/m0/s1. The van der Waals surface area contributed by atoms with Crippen LogP contribution in [0.15, 0.2) is 0 Å². The Hall–Kier alpha value is -0.840. The molecule has 4 fully saturated rings. The average molecular weight is 722 g/mol. The summed E-state index contributed by atoms with van der Waals surface area (Å²) in [6.07, 6.45) is -29.9. The third kappa shape index (κ3) is 8.87. The van der Waals surface area contributed by atoms with Gasteiger partial charge in [-0.1, -0.05) is 13.3 Å². The van der Waals surface area contributed by atoms with Gasteiger partial charge in [-0.25, -0.2) is 0 Å². The van der Waals surface area contributed by atoms with Crippen LogP contribution in [-0.4, -0.2) is 217 Å². The maximum atomic E-state index is 11.3. The third-order valence-electron chi connectivity index (χ3n) is 9.04. The summed E-state index contributed by atoms with van der Waals surface area (Å²) in [6, 6.07) is -1.54. The minimum absolute atomic E-state index is 0.197. The first-order chi connectivity index (χ1) is 23.3. The van der Waals surface area contributed by atoms with E-state index in [1.165, 1.54) is 0 Å². The molecule has 288 valence electrons. The minimum atomic E-state index is -1.94. The van der Waals surface area contributed by atoms with Crippen LogP contribution < -0.4 is 5.73 Å². The number of aliphatic hydroxyl groups excluding tert-OH is 12. The van der Waals surface area contributed by atoms with Crippen molar-refractivity contribution >= 4 is 0 Å². The zero-order valence-electron chi connectivity index (χ0n) is 26.7. The summed E-state index contributed by atoms with van der Waals surface area (Å²) in [5, 5.41) is 125. The van der Waals surface area contributed by atoms with Crippen molar-refractivity contribution in [1.82, 2.24) is 0 Å². The normalized spacial score (nSPS) is 49.6. The second-order valence-electron chi connectivity index (χ2n) is 12.4. The number of nitrogens with two attached hydrogens (primary N) is 1. The molecular formula is C28H51NO20. The summed E-state index contributed by atoms with van der Waals surface area (Å²) in [7, 11) is 0. The average Bonchev–Trinajstić information content (AvgIpc) is 3.09. The van der Waals surface area contributed by atoms with E-state index in [-0.39, 0.29) is 6.61 Å². The van der Waals surface area contributed by atoms with Crippen LogP contribution >= 0.6 is 0 Å². The van der Waals surface area contributed by atoms with E-state index < -0.39 is 149 Å². The Bertz CT molecular complexity index is 984. The zero-order chi connectivity index (χ0) is 36.2. The summed E-state index contributed by atoms with van der Waals surface area (Å²) in [6.45, 7) is -1.06. The molecule has 0 bridgehead atoms. The van der Waals surface area contributed by atoms with Gasteiger partial charge < -0.3 is 105 Å². The van der Waals surface area contributed by atoms with E-state index in [0.29, 0.717) is 6.42 Å². The van der Waals surface area contributed by atoms with Crippen LogP contribution in [0.2, 0.25) is 0 Å². The van der Waals surface area contributed by atoms with Crippen molar-refractivity contribution in [2.45, 2.75) is 143 Å². The molecule has 0 amide bonds. The van der Waals surface area contributed by atoms with E-state index in [4.69, 9.17) is 43.6 Å². The van der Waals surface area contributed by atoms with Crippen LogP contribution in [0.3, 0.4) is 0 Å². The molecule has 0 aliphatic carbocycles. The van der Waals surface area contributed by atoms with Gasteiger partial charge in [-0.15, -0.1) is 0 Å². The molecule has 4 aliphatic rings. The zero-order valence-corrected chi connectivity index (χ0v) is 26.7. The first kappa shape index (κ1) is 40.9. The molecule has 4 aliphatic heterocycles. The smallest absolute Gasteiger partial charge is 0.187 e. The summed E-state index contributed by atoms with van der Waals surface area (Å²) < 4.78 is 44.8. The van der Waals surface area contributed by atoms with Gasteiger partial charge in [-0.05, 0) is 6.42 Å². The highest BCUT2D eigenvalue weighted by molar-refractivity contribution is 4.99. The first-order valence-corrected chi connectivity index (χ1v) is 16.2. The molecule has 4 heterocycles. The SMILES string of the molecule is CCCCO[C@@H]1OC(CO)[C@@H](O[C@@H]2OC(CO)[C@H](O)C(O[C@@H]3OC(CO)[C@@H](O)C(O[C@@H]4OC(CO)[C@H](O)C(O)C4O)C3N)C2O)C(O)C1O. The molecule has 0 aromatic rings. The summed E-state index contributed by atoms with van der Waals surface area (Å²) >= 11 is 0. The molecule has 0 radical (unpaired) electrons. The molecule has 0 aromatic heterocycles. The monoisotopic (exact) mass is 721 g/mol. The van der Waals surface area contributed by atoms with Crippen molar-refractivity contribution in [3.05, 3.63) is 0 Å². The van der Waals surface area contributed by atoms with E-state index in [2.05, 4.69) is 0 Å². The van der Waals surface area contributed by atoms with E-state index in [0.717, 1.165) is 6.42 Å². The number of hydrogen-bond donors (Lipinski definition) is 13. The van der Waals surface area contributed by atoms with E-state index >= 15 is 0 Å². The molecule has 12 unspecified atom stereocenters. The lowest BCUT2D eigenvalue weighted by atomic mass is 9.95. The highest BCUT2D eigenvalue weighted by Crippen LogP contribution is 2.34. The fraction of sp³-hybridized carbons (Fsp3) is 1.00. The predicted octanol–water partition coefficient (Wildman–Crippen LogP) is -7.96. The number of rotatable bonds is 14. The molecule has 14 N–H and O–H groups in total. The molecule has 4 saturated heterocycles. The highest BCUT2D eigenvalue weighted by Gasteiger charge is 2.55. The summed E-state index contributed by atoms with van der Waals surface area (Å²) in [5.74, 6) is 0. The van der Waals surface area contributed by atoms with Gasteiger partial charge in [0.1, 0.15) is 91.6 Å². The Morgan fingerprint density at radius 3 is 1.49 bits per heavy atom. The Morgan fingerprint density at radius 1 is 0.469 bits per heavy atom. The maximum absolute atomic E-state index is 11.3. The Labute approximate surface area is 280 Å². The van der Waals surface area contributed by atoms with Gasteiger partial charge in [0.2, 0.25) is 0 Å². The van der Waals surface area contributed by atoms with Gasteiger partial charge in [0, 0.05) is 6.61 Å². The summed E-state index contributed by atoms with van der Waals surface area (Å²) in [4.78, 5) is 0. The Morgan fingerprint density at radius 2 is 0.918 bits per heavy atom. The van der Waals surface area contributed by atoms with Crippen LogP contribution in [0.25, 0.3) is 0 Å². The lowest BCUT2D eigenvalue weighted by molar-refractivity contribution is -0.380. The molecule has 0 aromatic carbocycles. The summed E-state index contributed by atoms with van der Waals surface area (Å²) in [5.41, 5.74) is 6.30. The van der Waals surface area contributed by atoms with Crippen LogP contribution in [0.1, 0.15) is 19.8 Å². The van der Waals surface area contributed by atoms with Crippen molar-refractivity contribution in [2.75, 3.05) is 33.0 Å². The van der Waals surface area contributed by atoms with Crippen LogP contribution in [0, 0.1) is 0 Å². The Balaban J connectivity index is 1.50. The largest absolute Gasteiger partial charge is 0.394 e. The van der Waals surface area contributed by atoms with Gasteiger partial charge in [-0.3, -0.25) is 0 Å². The minimum Gasteiger partial charge on any atom is -0.394 e. The number of hydrogen-bond acceptors (Lipinski definition) is 21. The van der Waals surface area contributed by atoms with Crippen molar-refractivity contribution in [3.63, 3.8) is 0 Å². The Kier molecular flexibility index (Phi) is 15.3. The van der Waals surface area contributed by atoms with E-state index in [1.807, 2.05) is 6.92 Å². The predicted molar refractivity (Wildman–Crippen MR) is 154 cm³/mol. The molecule has 20 atom stereocenters. The number of ether oxygens (including phenoxy) is 8. The van der Waals surface area contributed by atoms with E-state index in [9.17, 15) is 61.3 Å². The molecular weight excluding hydrogens is 670 g/mol. The lowest BCUT2D eigenvalue weighted by Crippen LogP contribution is -2.69. The van der Waals surface area contributed by atoms with Crippen LogP contribution in [0.4, 0.5) is 0 Å². The lowest BCUT2D eigenvalue weighted by Gasteiger charge is -2.49. The molecule has 49 heavy (non-hydrogen) atoms. The molecule has 0 spiro atoms. The fourth-order valence-electron chi connectivity index (χ4n) is 6.06. The number of unbranched alkanes of at least 4 members (excludes halogenated alkanes) is 1. The highest BCUT2D eigenvalue weighted by atomic mass is 16.8. The van der Waals surface area contributed by atoms with Gasteiger partial charge in [0.25, 0.3) is 0 Å². The van der Waals surface area contributed by atoms with Gasteiger partial charge >= 0.3 is 0 Å². The third-order valence-corrected chi connectivity index (χ3v) is 9.04. The van der Waals surface area contributed by atoms with Crippen molar-refractivity contribution in [1.29, 1.82) is 0 Å². The molecule has 21 nitrogen and oxygen atoms in total. The van der Waals surface area contributed by atoms with Crippen LogP contribution in [0.5, 0.6) is 0 Å². The van der Waals surface area contributed by atoms with Gasteiger partial charge in [0.05, 0.1) is 32.5 Å². The quantitative estimate of drug-likeness (QED) is 0.0741. The second kappa shape index (κ2) is 18.3. The van der Waals surface area contributed by atoms with Gasteiger partial charge in [0.15, 0.2) is 25.2 Å². The van der Waals surface area contributed by atoms with Gasteiger partial charge in [-0.2, -0.15) is 0 Å². The first-order valence-electron chi connectivity index (χ1n) is 16.2.